The van der Waals surface area contributed by atoms with E-state index >= 15 is 0 Å². The Balaban J connectivity index is 1.86. The highest BCUT2D eigenvalue weighted by Gasteiger charge is 2.38. The zero-order valence-electron chi connectivity index (χ0n) is 18.1. The first-order valence-corrected chi connectivity index (χ1v) is 13.0. The van der Waals surface area contributed by atoms with Crippen molar-refractivity contribution in [3.05, 3.63) is 48.5 Å². The fourth-order valence-corrected chi connectivity index (χ4v) is 5.72. The van der Waals surface area contributed by atoms with E-state index in [1.54, 1.807) is 36.2 Å². The van der Waals surface area contributed by atoms with E-state index in [4.69, 9.17) is 0 Å². The van der Waals surface area contributed by atoms with Crippen LogP contribution in [0, 0.1) is 0 Å². The second kappa shape index (κ2) is 8.95. The quantitative estimate of drug-likeness (QED) is 0.643. The zero-order chi connectivity index (χ0) is 23.7. The van der Waals surface area contributed by atoms with Crippen LogP contribution in [0.15, 0.2) is 58.3 Å². The van der Waals surface area contributed by atoms with Gasteiger partial charge in [-0.1, -0.05) is 12.1 Å². The highest BCUT2D eigenvalue weighted by atomic mass is 32.2. The van der Waals surface area contributed by atoms with Gasteiger partial charge in [-0.25, -0.2) is 29.9 Å². The molecule has 32 heavy (non-hydrogen) atoms. The van der Waals surface area contributed by atoms with Crippen LogP contribution in [-0.2, 0) is 20.0 Å². The number of anilines is 2. The lowest BCUT2D eigenvalue weighted by atomic mass is 9.91. The fourth-order valence-electron chi connectivity index (χ4n) is 3.75. The Bertz CT molecular complexity index is 1170. The number of sulfonamides is 2. The molecule has 1 atom stereocenters. The van der Waals surface area contributed by atoms with Crippen molar-refractivity contribution in [2.75, 3.05) is 30.8 Å². The van der Waals surface area contributed by atoms with Gasteiger partial charge in [0.05, 0.1) is 21.2 Å². The summed E-state index contributed by atoms with van der Waals surface area (Å²) in [6.45, 7) is 0. The normalized spacial score (nSPS) is 19.0. The third-order valence-electron chi connectivity index (χ3n) is 5.60. The molecule has 0 saturated heterocycles. The van der Waals surface area contributed by atoms with Crippen LogP contribution in [0.2, 0.25) is 0 Å². The fraction of sp³-hybridized carbons (Fsp3) is 0.429. The lowest BCUT2D eigenvalue weighted by Crippen LogP contribution is -2.40. The van der Waals surface area contributed by atoms with Crippen molar-refractivity contribution in [3.63, 3.8) is 0 Å². The van der Waals surface area contributed by atoms with Gasteiger partial charge in [-0.15, -0.1) is 0 Å². The molecule has 1 unspecified atom stereocenters. The van der Waals surface area contributed by atoms with Gasteiger partial charge in [0.1, 0.15) is 0 Å². The zero-order valence-corrected chi connectivity index (χ0v) is 19.8. The first kappa shape index (κ1) is 24.4. The van der Waals surface area contributed by atoms with Crippen molar-refractivity contribution in [1.29, 1.82) is 0 Å². The minimum absolute atomic E-state index is 0.0280. The van der Waals surface area contributed by atoms with Crippen LogP contribution in [0.1, 0.15) is 25.7 Å². The molecule has 0 heterocycles. The average molecular weight is 488 g/mol. The van der Waals surface area contributed by atoms with Gasteiger partial charge in [-0.3, -0.25) is 4.72 Å². The number of para-hydroxylation sites is 2. The number of hydrogen-bond acceptors (Lipinski definition) is 5. The Morgan fingerprint density at radius 1 is 0.938 bits per heavy atom. The number of nitrogens with zero attached hydrogens (tertiary/aromatic N) is 2. The smallest absolute Gasteiger partial charge is 0.261 e. The van der Waals surface area contributed by atoms with Crippen molar-refractivity contribution in [1.82, 2.24) is 4.31 Å². The van der Waals surface area contributed by atoms with E-state index in [0.29, 0.717) is 18.5 Å². The molecule has 1 aliphatic carbocycles. The predicted octanol–water partition coefficient (Wildman–Crippen LogP) is 3.75. The Kier molecular flexibility index (Phi) is 6.83. The van der Waals surface area contributed by atoms with Crippen LogP contribution < -0.4 is 9.62 Å². The topological polar surface area (TPSA) is 86.8 Å². The molecule has 11 heteroatoms. The van der Waals surface area contributed by atoms with Gasteiger partial charge in [0.15, 0.2) is 0 Å². The second-order valence-electron chi connectivity index (χ2n) is 8.10. The first-order valence-electron chi connectivity index (χ1n) is 10.1. The minimum atomic E-state index is -4.04. The van der Waals surface area contributed by atoms with Crippen LogP contribution in [0.5, 0.6) is 0 Å². The maximum absolute atomic E-state index is 13.9. The summed E-state index contributed by atoms with van der Waals surface area (Å²) in [5.74, 6) is -2.74. The van der Waals surface area contributed by atoms with Crippen molar-refractivity contribution < 1.29 is 25.6 Å². The summed E-state index contributed by atoms with van der Waals surface area (Å²) < 4.78 is 81.6. The van der Waals surface area contributed by atoms with Gasteiger partial charge < -0.3 is 4.90 Å². The van der Waals surface area contributed by atoms with Crippen LogP contribution in [0.3, 0.4) is 0 Å². The molecule has 0 bridgehead atoms. The molecule has 1 saturated carbocycles. The molecule has 3 rings (SSSR count). The molecule has 0 radical (unpaired) electrons. The van der Waals surface area contributed by atoms with Gasteiger partial charge in [-0.05, 0) is 49.2 Å². The number of halogens is 2. The number of hydrogen-bond donors (Lipinski definition) is 1. The monoisotopic (exact) mass is 487 g/mol. The molecule has 1 N–H and O–H groups in total. The second-order valence-corrected chi connectivity index (χ2v) is 11.9. The molecule has 0 aliphatic heterocycles. The van der Waals surface area contributed by atoms with Gasteiger partial charge in [0, 0.05) is 40.0 Å². The molecule has 1 fully saturated rings. The van der Waals surface area contributed by atoms with Gasteiger partial charge in [0.2, 0.25) is 15.9 Å². The van der Waals surface area contributed by atoms with E-state index in [1.807, 2.05) is 0 Å². The maximum Gasteiger partial charge on any atom is 0.261 e. The van der Waals surface area contributed by atoms with Crippen LogP contribution >= 0.6 is 0 Å². The van der Waals surface area contributed by atoms with E-state index in [1.165, 1.54) is 38.4 Å². The van der Waals surface area contributed by atoms with Gasteiger partial charge >= 0.3 is 0 Å². The summed E-state index contributed by atoms with van der Waals surface area (Å²) in [5, 5.41) is 0. The van der Waals surface area contributed by atoms with Crippen molar-refractivity contribution >= 4 is 31.4 Å². The summed E-state index contributed by atoms with van der Waals surface area (Å²) in [5.41, 5.74) is 0.750. The Labute approximate surface area is 188 Å². The highest BCUT2D eigenvalue weighted by Crippen LogP contribution is 2.38. The van der Waals surface area contributed by atoms with Crippen molar-refractivity contribution in [2.45, 2.75) is 47.4 Å². The number of alkyl halides is 2. The summed E-state index contributed by atoms with van der Waals surface area (Å²) in [6.07, 6.45) is 0.574. The molecular formula is C21H27F2N3O4S2. The number of nitrogens with one attached hydrogen (secondary N) is 1. The number of benzene rings is 2. The summed E-state index contributed by atoms with van der Waals surface area (Å²) in [7, 11) is -3.27. The largest absolute Gasteiger partial charge is 0.370 e. The molecule has 176 valence electrons. The molecule has 0 amide bonds. The molecule has 1 aliphatic rings. The standard InChI is InChI=1S/C21H27F2N3O4S2/c1-25(2)32(29,30)18-12-10-17(11-13-18)31(27,28)24-19-8-4-5-9-20(19)26(3)16-7-6-14-21(22,23)15-16/h4-5,8-13,16,24H,6-7,14-15H2,1-3H3. The Morgan fingerprint density at radius 2 is 1.53 bits per heavy atom. The summed E-state index contributed by atoms with van der Waals surface area (Å²) in [4.78, 5) is 1.55. The maximum atomic E-state index is 13.9. The molecule has 2 aromatic carbocycles. The lowest BCUT2D eigenvalue weighted by Gasteiger charge is -2.37. The molecule has 0 spiro atoms. The minimum Gasteiger partial charge on any atom is -0.370 e. The molecular weight excluding hydrogens is 460 g/mol. The van der Waals surface area contributed by atoms with Crippen LogP contribution in [-0.4, -0.2) is 54.2 Å². The van der Waals surface area contributed by atoms with E-state index < -0.39 is 32.0 Å². The Hall–Kier alpha value is -2.24. The predicted molar refractivity (Wildman–Crippen MR) is 120 cm³/mol. The van der Waals surface area contributed by atoms with E-state index in [9.17, 15) is 25.6 Å². The third-order valence-corrected chi connectivity index (χ3v) is 8.81. The molecule has 7 nitrogen and oxygen atoms in total. The van der Waals surface area contributed by atoms with Gasteiger partial charge in [-0.2, -0.15) is 0 Å². The highest BCUT2D eigenvalue weighted by molar-refractivity contribution is 7.92. The summed E-state index contributed by atoms with van der Waals surface area (Å²) >= 11 is 0. The number of rotatable bonds is 7. The van der Waals surface area contributed by atoms with Crippen LogP contribution in [0.4, 0.5) is 20.2 Å². The molecule has 0 aromatic heterocycles. The third kappa shape index (κ3) is 5.21. The van der Waals surface area contributed by atoms with Crippen LogP contribution in [0.25, 0.3) is 0 Å². The lowest BCUT2D eigenvalue weighted by molar-refractivity contribution is -0.0401. The van der Waals surface area contributed by atoms with E-state index in [2.05, 4.69) is 4.72 Å². The molecule has 2 aromatic rings. The van der Waals surface area contributed by atoms with Crippen molar-refractivity contribution in [3.8, 4) is 0 Å². The Morgan fingerprint density at radius 3 is 2.12 bits per heavy atom. The van der Waals surface area contributed by atoms with E-state index in [-0.39, 0.29) is 28.3 Å². The summed E-state index contributed by atoms with van der Waals surface area (Å²) in [6, 6.07) is 11.1. The first-order chi connectivity index (χ1) is 14.8. The average Bonchev–Trinajstić information content (AvgIpc) is 2.72. The van der Waals surface area contributed by atoms with Crippen molar-refractivity contribution in [2.24, 2.45) is 0 Å². The van der Waals surface area contributed by atoms with E-state index in [0.717, 1.165) is 4.31 Å². The van der Waals surface area contributed by atoms with Gasteiger partial charge in [0.25, 0.3) is 10.0 Å². The SMILES string of the molecule is CN(c1ccccc1NS(=O)(=O)c1ccc(S(=O)(=O)N(C)C)cc1)C1CCCC(F)(F)C1.